The smallest absolute Gasteiger partial charge is 0.258 e. The van der Waals surface area contributed by atoms with E-state index in [-0.39, 0.29) is 11.4 Å². The van der Waals surface area contributed by atoms with Gasteiger partial charge in [0, 0.05) is 22.2 Å². The average molecular weight is 403 g/mol. The second kappa shape index (κ2) is 6.32. The van der Waals surface area contributed by atoms with Crippen LogP contribution in [0.4, 0.5) is 15.9 Å². The van der Waals surface area contributed by atoms with Gasteiger partial charge in [-0.3, -0.25) is 4.79 Å². The highest BCUT2D eigenvalue weighted by molar-refractivity contribution is 9.11. The molecule has 0 fully saturated rings. The molecule has 1 amide bonds. The maximum absolute atomic E-state index is 14.0. The number of benzene rings is 1. The minimum absolute atomic E-state index is 0.0347. The Kier molecular flexibility index (Phi) is 4.72. The number of carbonyl (C=O) groups excluding carboxylic acids is 1. The van der Waals surface area contributed by atoms with Gasteiger partial charge in [0.2, 0.25) is 0 Å². The van der Waals surface area contributed by atoms with Crippen LogP contribution in [0.1, 0.15) is 10.4 Å². The molecule has 0 saturated carbocycles. The van der Waals surface area contributed by atoms with Crippen molar-refractivity contribution in [2.24, 2.45) is 0 Å². The molecule has 0 aliphatic rings. The summed E-state index contributed by atoms with van der Waals surface area (Å²) in [6.45, 7) is 0. The number of nitrogens with one attached hydrogen (secondary N) is 2. The molecule has 0 bridgehead atoms. The Morgan fingerprint density at radius 2 is 2.05 bits per heavy atom. The van der Waals surface area contributed by atoms with Gasteiger partial charge in [-0.15, -0.1) is 0 Å². The summed E-state index contributed by atoms with van der Waals surface area (Å²) < 4.78 is 15.6. The van der Waals surface area contributed by atoms with E-state index in [2.05, 4.69) is 47.5 Å². The van der Waals surface area contributed by atoms with E-state index in [1.54, 1.807) is 25.2 Å². The number of halogens is 3. The summed E-state index contributed by atoms with van der Waals surface area (Å²) >= 11 is 6.65. The number of rotatable bonds is 3. The summed E-state index contributed by atoms with van der Waals surface area (Å²) in [7, 11) is 1.54. The number of hydrogen-bond acceptors (Lipinski definition) is 3. The van der Waals surface area contributed by atoms with Crippen molar-refractivity contribution in [3.63, 3.8) is 0 Å². The Bertz CT molecular complexity index is 664. The van der Waals surface area contributed by atoms with Crippen molar-refractivity contribution in [3.8, 4) is 0 Å². The van der Waals surface area contributed by atoms with Crippen molar-refractivity contribution in [2.75, 3.05) is 17.7 Å². The molecule has 7 heteroatoms. The zero-order valence-electron chi connectivity index (χ0n) is 10.4. The summed E-state index contributed by atoms with van der Waals surface area (Å²) in [5.74, 6) is -1.18. The first-order valence-corrected chi connectivity index (χ1v) is 7.20. The summed E-state index contributed by atoms with van der Waals surface area (Å²) in [6.07, 6.45) is 1.38. The lowest BCUT2D eigenvalue weighted by molar-refractivity contribution is 0.102. The fraction of sp³-hybridized carbons (Fsp3) is 0.0769. The van der Waals surface area contributed by atoms with Crippen LogP contribution in [-0.4, -0.2) is 17.9 Å². The van der Waals surface area contributed by atoms with Gasteiger partial charge >= 0.3 is 0 Å². The maximum Gasteiger partial charge on any atom is 0.258 e. The van der Waals surface area contributed by atoms with Gasteiger partial charge in [0.05, 0.1) is 11.3 Å². The third kappa shape index (κ3) is 3.16. The number of pyridine rings is 1. The molecule has 0 aliphatic heterocycles. The van der Waals surface area contributed by atoms with Crippen LogP contribution < -0.4 is 10.6 Å². The number of amides is 1. The van der Waals surface area contributed by atoms with Gasteiger partial charge in [0.15, 0.2) is 11.6 Å². The first-order chi connectivity index (χ1) is 9.52. The van der Waals surface area contributed by atoms with E-state index in [4.69, 9.17) is 0 Å². The Balaban J connectivity index is 2.28. The molecule has 1 aromatic heterocycles. The van der Waals surface area contributed by atoms with Crippen LogP contribution in [0.25, 0.3) is 0 Å². The van der Waals surface area contributed by atoms with Gasteiger partial charge in [-0.2, -0.15) is 0 Å². The SMILES string of the molecule is CNc1nccc(C(=O)Nc2ccc(Br)cc2Br)c1F. The van der Waals surface area contributed by atoms with Crippen LogP contribution in [0, 0.1) is 5.82 Å². The normalized spacial score (nSPS) is 10.2. The lowest BCUT2D eigenvalue weighted by Crippen LogP contribution is -2.15. The minimum atomic E-state index is -0.680. The number of hydrogen-bond donors (Lipinski definition) is 2. The molecule has 0 aliphatic carbocycles. The zero-order valence-corrected chi connectivity index (χ0v) is 13.5. The van der Waals surface area contributed by atoms with E-state index < -0.39 is 11.7 Å². The van der Waals surface area contributed by atoms with Gasteiger partial charge < -0.3 is 10.6 Å². The minimum Gasteiger partial charge on any atom is -0.371 e. The average Bonchev–Trinajstić information content (AvgIpc) is 2.42. The molecular weight excluding hydrogens is 393 g/mol. The highest BCUT2D eigenvalue weighted by Crippen LogP contribution is 2.27. The molecule has 0 spiro atoms. The van der Waals surface area contributed by atoms with Crippen molar-refractivity contribution in [1.29, 1.82) is 0 Å². The monoisotopic (exact) mass is 401 g/mol. The Morgan fingerprint density at radius 3 is 2.70 bits per heavy atom. The topological polar surface area (TPSA) is 54.0 Å². The molecule has 1 aromatic carbocycles. The van der Waals surface area contributed by atoms with E-state index in [0.29, 0.717) is 10.2 Å². The predicted octanol–water partition coefficient (Wildman–Crippen LogP) is 4.04. The number of nitrogens with zero attached hydrogens (tertiary/aromatic N) is 1. The van der Waals surface area contributed by atoms with Gasteiger partial charge in [0.25, 0.3) is 5.91 Å². The van der Waals surface area contributed by atoms with Crippen LogP contribution >= 0.6 is 31.9 Å². The van der Waals surface area contributed by atoms with Crippen molar-refractivity contribution in [1.82, 2.24) is 4.98 Å². The lowest BCUT2D eigenvalue weighted by Gasteiger charge is -2.09. The quantitative estimate of drug-likeness (QED) is 0.814. The van der Waals surface area contributed by atoms with Crippen LogP contribution in [0.5, 0.6) is 0 Å². The molecule has 2 aromatic rings. The molecule has 2 rings (SSSR count). The van der Waals surface area contributed by atoms with Crippen molar-refractivity contribution in [2.45, 2.75) is 0 Å². The molecular formula is C13H10Br2FN3O. The fourth-order valence-corrected chi connectivity index (χ4v) is 2.72. The maximum atomic E-state index is 14.0. The van der Waals surface area contributed by atoms with E-state index >= 15 is 0 Å². The predicted molar refractivity (Wildman–Crippen MR) is 83.5 cm³/mol. The molecule has 2 N–H and O–H groups in total. The zero-order chi connectivity index (χ0) is 14.7. The number of carbonyl (C=O) groups is 1. The van der Waals surface area contributed by atoms with Gasteiger partial charge in [0.1, 0.15) is 0 Å². The summed E-state index contributed by atoms with van der Waals surface area (Å²) in [5, 5.41) is 5.24. The molecule has 1 heterocycles. The standard InChI is InChI=1S/C13H10Br2FN3O/c1-17-12-11(16)8(4-5-18-12)13(20)19-10-3-2-7(14)6-9(10)15/h2-6H,1H3,(H,17,18)(H,19,20). The van der Waals surface area contributed by atoms with Crippen molar-refractivity contribution in [3.05, 3.63) is 50.8 Å². The molecule has 104 valence electrons. The van der Waals surface area contributed by atoms with Gasteiger partial charge in [-0.05, 0) is 40.2 Å². The summed E-state index contributed by atoms with van der Waals surface area (Å²) in [5.41, 5.74) is 0.486. The molecule has 20 heavy (non-hydrogen) atoms. The highest BCUT2D eigenvalue weighted by atomic mass is 79.9. The van der Waals surface area contributed by atoms with E-state index in [1.165, 1.54) is 12.3 Å². The van der Waals surface area contributed by atoms with Gasteiger partial charge in [-0.1, -0.05) is 15.9 Å². The fourth-order valence-electron chi connectivity index (χ4n) is 1.57. The molecule has 0 atom stereocenters. The van der Waals surface area contributed by atoms with Crippen LogP contribution in [0.3, 0.4) is 0 Å². The second-order valence-corrected chi connectivity index (χ2v) is 5.62. The Hall–Kier alpha value is -1.47. The Morgan fingerprint density at radius 1 is 1.30 bits per heavy atom. The third-order valence-electron chi connectivity index (χ3n) is 2.55. The highest BCUT2D eigenvalue weighted by Gasteiger charge is 2.16. The second-order valence-electron chi connectivity index (χ2n) is 3.85. The van der Waals surface area contributed by atoms with Crippen LogP contribution in [0.2, 0.25) is 0 Å². The number of anilines is 2. The van der Waals surface area contributed by atoms with Crippen molar-refractivity contribution >= 4 is 49.3 Å². The van der Waals surface area contributed by atoms with Crippen LogP contribution in [0.15, 0.2) is 39.4 Å². The molecule has 0 unspecified atom stereocenters. The Labute approximate surface area is 132 Å². The molecule has 0 radical (unpaired) electrons. The third-order valence-corrected chi connectivity index (χ3v) is 3.70. The molecule has 0 saturated heterocycles. The largest absolute Gasteiger partial charge is 0.371 e. The summed E-state index contributed by atoms with van der Waals surface area (Å²) in [4.78, 5) is 15.9. The van der Waals surface area contributed by atoms with Gasteiger partial charge in [-0.25, -0.2) is 9.37 Å². The molecule has 4 nitrogen and oxygen atoms in total. The summed E-state index contributed by atoms with van der Waals surface area (Å²) in [6, 6.07) is 6.61. The number of aromatic nitrogens is 1. The first kappa shape index (κ1) is 14.9. The lowest BCUT2D eigenvalue weighted by atomic mass is 10.2. The van der Waals surface area contributed by atoms with E-state index in [1.807, 2.05) is 0 Å². The van der Waals surface area contributed by atoms with E-state index in [0.717, 1.165) is 4.47 Å². The van der Waals surface area contributed by atoms with Crippen LogP contribution in [-0.2, 0) is 0 Å². The van der Waals surface area contributed by atoms with Crippen molar-refractivity contribution < 1.29 is 9.18 Å². The first-order valence-electron chi connectivity index (χ1n) is 5.61. The van der Waals surface area contributed by atoms with E-state index in [9.17, 15) is 9.18 Å².